The summed E-state index contributed by atoms with van der Waals surface area (Å²) in [6.07, 6.45) is 31.1. The van der Waals surface area contributed by atoms with Crippen LogP contribution in [0.5, 0.6) is 0 Å². The van der Waals surface area contributed by atoms with Gasteiger partial charge in [0.25, 0.3) is 0 Å². The van der Waals surface area contributed by atoms with Crippen molar-refractivity contribution < 1.29 is 4.70 Å². The standard InChI is InChI=1S/C47H71N2/c1-7-12-16-18-20-23-30-42-38-45(37-40(11-5)46(42)32-15-10-4)48-49(6)34-33-39-35-43(27-14-9-3)47(41-28-25-22-26-29-41)44(36-39)31-24-21-19-17-13-8-2/h22,25-26,28-29,33-38H,7-21,23-24,27,30-32H2,1-6H3/q+1. The molecule has 0 aliphatic rings. The van der Waals surface area contributed by atoms with E-state index >= 15 is 0 Å². The lowest BCUT2D eigenvalue weighted by Crippen LogP contribution is -2.02. The van der Waals surface area contributed by atoms with E-state index in [1.807, 2.05) is 4.70 Å². The van der Waals surface area contributed by atoms with Gasteiger partial charge in [0.1, 0.15) is 5.69 Å². The van der Waals surface area contributed by atoms with Gasteiger partial charge in [-0.3, -0.25) is 0 Å². The molecular formula is C47H71N2+. The molecule has 2 heteroatoms. The zero-order chi connectivity index (χ0) is 35.1. The van der Waals surface area contributed by atoms with Crippen molar-refractivity contribution in [2.45, 2.75) is 169 Å². The van der Waals surface area contributed by atoms with Gasteiger partial charge < -0.3 is 0 Å². The van der Waals surface area contributed by atoms with Crippen molar-refractivity contribution in [1.82, 2.24) is 0 Å². The van der Waals surface area contributed by atoms with E-state index in [0.29, 0.717) is 0 Å². The highest BCUT2D eigenvalue weighted by Gasteiger charge is 2.14. The first-order valence-corrected chi connectivity index (χ1v) is 20.5. The molecule has 0 bridgehead atoms. The Bertz CT molecular complexity index is 1400. The van der Waals surface area contributed by atoms with Crippen LogP contribution in [-0.2, 0) is 32.1 Å². The fraction of sp³-hybridized carbons (Fsp3) is 0.574. The van der Waals surface area contributed by atoms with E-state index in [-0.39, 0.29) is 0 Å². The molecule has 49 heavy (non-hydrogen) atoms. The van der Waals surface area contributed by atoms with E-state index < -0.39 is 0 Å². The molecule has 0 saturated heterocycles. The van der Waals surface area contributed by atoms with Gasteiger partial charge in [-0.05, 0) is 120 Å². The number of hydrogen-bond acceptors (Lipinski definition) is 1. The van der Waals surface area contributed by atoms with Crippen LogP contribution in [0.4, 0.5) is 5.69 Å². The summed E-state index contributed by atoms with van der Waals surface area (Å²) in [4.78, 5) is 0. The van der Waals surface area contributed by atoms with Gasteiger partial charge in [0.15, 0.2) is 13.2 Å². The molecule has 0 aliphatic carbocycles. The predicted molar refractivity (Wildman–Crippen MR) is 216 cm³/mol. The summed E-state index contributed by atoms with van der Waals surface area (Å²) in [6, 6.07) is 20.8. The highest BCUT2D eigenvalue weighted by Crippen LogP contribution is 2.33. The number of aryl methyl sites for hydroxylation is 4. The molecule has 3 aromatic rings. The number of rotatable bonds is 25. The fourth-order valence-electron chi connectivity index (χ4n) is 7.28. The topological polar surface area (TPSA) is 15.4 Å². The lowest BCUT2D eigenvalue weighted by atomic mass is 9.87. The molecule has 2 nitrogen and oxygen atoms in total. The highest BCUT2D eigenvalue weighted by atomic mass is 15.2. The van der Waals surface area contributed by atoms with Crippen molar-refractivity contribution in [3.05, 3.63) is 94.2 Å². The summed E-state index contributed by atoms with van der Waals surface area (Å²) >= 11 is 0. The van der Waals surface area contributed by atoms with Crippen molar-refractivity contribution in [1.29, 1.82) is 0 Å². The number of nitrogens with zero attached hydrogens (tertiary/aromatic N) is 2. The summed E-state index contributed by atoms with van der Waals surface area (Å²) < 4.78 is 2.03. The first-order chi connectivity index (χ1) is 24.0. The maximum Gasteiger partial charge on any atom is 0.196 e. The Hall–Kier alpha value is -3.00. The smallest absolute Gasteiger partial charge is 0.0934 e. The maximum absolute atomic E-state index is 5.12. The Balaban J connectivity index is 1.91. The normalized spacial score (nSPS) is 12.0. The SMILES string of the molecule is CCCCCCCCc1cc(N=[N+](C)C=Cc2cc(CCCC)c(-c3ccccc3)c(CCCCCCCC)c2)cc(CC)c1CCCC. The van der Waals surface area contributed by atoms with Crippen LogP contribution in [-0.4, -0.2) is 11.7 Å². The lowest BCUT2D eigenvalue weighted by molar-refractivity contribution is -0.491. The van der Waals surface area contributed by atoms with Crippen LogP contribution in [0.25, 0.3) is 17.2 Å². The minimum Gasteiger partial charge on any atom is -0.0934 e. The zero-order valence-corrected chi connectivity index (χ0v) is 32.6. The first kappa shape index (κ1) is 40.4. The van der Waals surface area contributed by atoms with Crippen molar-refractivity contribution in [3.8, 4) is 11.1 Å². The molecule has 0 aromatic heterocycles. The summed E-state index contributed by atoms with van der Waals surface area (Å²) in [7, 11) is 2.09. The Kier molecular flexibility index (Phi) is 20.0. The Morgan fingerprint density at radius 2 is 1.04 bits per heavy atom. The van der Waals surface area contributed by atoms with E-state index in [4.69, 9.17) is 5.11 Å². The van der Waals surface area contributed by atoms with Gasteiger partial charge in [-0.15, -0.1) is 0 Å². The molecule has 0 heterocycles. The molecule has 3 rings (SSSR count). The van der Waals surface area contributed by atoms with E-state index in [1.54, 1.807) is 5.56 Å². The molecule has 0 amide bonds. The lowest BCUT2D eigenvalue weighted by Gasteiger charge is -2.17. The van der Waals surface area contributed by atoms with Crippen LogP contribution in [0.3, 0.4) is 0 Å². The van der Waals surface area contributed by atoms with E-state index in [2.05, 4.69) is 109 Å². The third-order valence-electron chi connectivity index (χ3n) is 10.1. The second kappa shape index (κ2) is 24.2. The molecule has 0 saturated carbocycles. The summed E-state index contributed by atoms with van der Waals surface area (Å²) in [5, 5.41) is 5.12. The average molecular weight is 664 g/mol. The Morgan fingerprint density at radius 3 is 1.63 bits per heavy atom. The van der Waals surface area contributed by atoms with Gasteiger partial charge >= 0.3 is 0 Å². The molecule has 0 atom stereocenters. The summed E-state index contributed by atoms with van der Waals surface area (Å²) in [6.45, 7) is 11.5. The summed E-state index contributed by atoms with van der Waals surface area (Å²) in [5.74, 6) is 0. The van der Waals surface area contributed by atoms with Crippen LogP contribution >= 0.6 is 0 Å². The van der Waals surface area contributed by atoms with Gasteiger partial charge in [-0.25, -0.2) is 0 Å². The largest absolute Gasteiger partial charge is 0.196 e. The predicted octanol–water partition coefficient (Wildman–Crippen LogP) is 14.8. The second-order valence-electron chi connectivity index (χ2n) is 14.4. The number of hydrogen-bond donors (Lipinski definition) is 0. The van der Waals surface area contributed by atoms with Crippen molar-refractivity contribution in [3.63, 3.8) is 0 Å². The van der Waals surface area contributed by atoms with Crippen LogP contribution < -0.4 is 0 Å². The Labute approximate surface area is 302 Å². The molecule has 0 radical (unpaired) electrons. The summed E-state index contributed by atoms with van der Waals surface area (Å²) in [5.41, 5.74) is 12.9. The average Bonchev–Trinajstić information content (AvgIpc) is 3.12. The minimum absolute atomic E-state index is 1.07. The van der Waals surface area contributed by atoms with E-state index in [1.165, 1.54) is 155 Å². The highest BCUT2D eigenvalue weighted by molar-refractivity contribution is 5.73. The van der Waals surface area contributed by atoms with Gasteiger partial charge in [0.05, 0.1) is 0 Å². The molecule has 0 spiro atoms. The third-order valence-corrected chi connectivity index (χ3v) is 10.1. The quantitative estimate of drug-likeness (QED) is 0.0487. The van der Waals surface area contributed by atoms with Crippen LogP contribution in [0.1, 0.15) is 171 Å². The molecule has 0 unspecified atom stereocenters. The molecular weight excluding hydrogens is 593 g/mol. The molecule has 3 aromatic carbocycles. The van der Waals surface area contributed by atoms with Crippen molar-refractivity contribution >= 4 is 11.8 Å². The number of benzene rings is 3. The molecule has 268 valence electrons. The maximum atomic E-state index is 5.12. The second-order valence-corrected chi connectivity index (χ2v) is 14.4. The zero-order valence-electron chi connectivity index (χ0n) is 32.6. The van der Waals surface area contributed by atoms with E-state index in [0.717, 1.165) is 24.9 Å². The Morgan fingerprint density at radius 1 is 0.531 bits per heavy atom. The van der Waals surface area contributed by atoms with Gasteiger partial charge in [-0.2, -0.15) is 0 Å². The third kappa shape index (κ3) is 14.4. The van der Waals surface area contributed by atoms with Gasteiger partial charge in [0.2, 0.25) is 0 Å². The number of unbranched alkanes of at least 4 members (excludes halogenated alkanes) is 12. The van der Waals surface area contributed by atoms with Crippen LogP contribution in [0.2, 0.25) is 0 Å². The number of azo groups is 2. The molecule has 0 aliphatic heterocycles. The van der Waals surface area contributed by atoms with Gasteiger partial charge in [0, 0.05) is 6.08 Å². The van der Waals surface area contributed by atoms with Gasteiger partial charge in [-0.1, -0.05) is 159 Å². The van der Waals surface area contributed by atoms with Crippen molar-refractivity contribution in [2.75, 3.05) is 7.05 Å². The van der Waals surface area contributed by atoms with E-state index in [9.17, 15) is 0 Å². The fourth-order valence-corrected chi connectivity index (χ4v) is 7.28. The minimum atomic E-state index is 1.07. The first-order valence-electron chi connectivity index (χ1n) is 20.5. The van der Waals surface area contributed by atoms with Crippen LogP contribution in [0.15, 0.2) is 65.9 Å². The molecule has 0 fully saturated rings. The monoisotopic (exact) mass is 664 g/mol. The van der Waals surface area contributed by atoms with Crippen molar-refractivity contribution in [2.24, 2.45) is 5.11 Å². The molecule has 0 N–H and O–H groups in total. The van der Waals surface area contributed by atoms with Crippen LogP contribution in [0, 0.1) is 0 Å².